The number of carbonyl (C=O) groups is 4. The molecule has 0 spiro atoms. The topological polar surface area (TPSA) is 74.8 Å². The summed E-state index contributed by atoms with van der Waals surface area (Å²) in [5, 5.41) is 2.58. The van der Waals surface area contributed by atoms with Crippen molar-refractivity contribution >= 4 is 58.3 Å². The van der Waals surface area contributed by atoms with Gasteiger partial charge in [0.05, 0.1) is 21.9 Å². The Morgan fingerprint density at radius 2 is 1.58 bits per heavy atom. The SMILES string of the molecule is CC1=CC[C@@H]2C(=O)N(N(CC(=O)c3ccc(Cl)cc3)C(=O)c3ccc(Cl)c(Cl)c3)C(=O)[C@@H]2C1. The van der Waals surface area contributed by atoms with E-state index < -0.39 is 41.9 Å². The maximum atomic E-state index is 13.5. The lowest BCUT2D eigenvalue weighted by atomic mass is 9.82. The molecule has 0 unspecified atom stereocenters. The van der Waals surface area contributed by atoms with Crippen molar-refractivity contribution in [3.8, 4) is 0 Å². The number of rotatable bonds is 5. The van der Waals surface area contributed by atoms with E-state index in [0.29, 0.717) is 23.4 Å². The standard InChI is InChI=1S/C24H19Cl3N2O4/c1-13-2-8-17-18(10-13)24(33)29(23(17)32)28(12-21(30)14-3-6-16(25)7-4-14)22(31)15-5-9-19(26)20(27)11-15/h2-7,9,11,17-18H,8,10,12H2,1H3/t17-,18+/m0/s1. The first kappa shape index (κ1) is 23.5. The van der Waals surface area contributed by atoms with Gasteiger partial charge >= 0.3 is 0 Å². The Labute approximate surface area is 205 Å². The van der Waals surface area contributed by atoms with Crippen LogP contribution in [0.25, 0.3) is 0 Å². The molecule has 2 aromatic carbocycles. The second kappa shape index (κ2) is 9.29. The number of allylic oxidation sites excluding steroid dienone is 2. The smallest absolute Gasteiger partial charge is 0.273 e. The molecule has 0 N–H and O–H groups in total. The Bertz CT molecular complexity index is 1190. The van der Waals surface area contributed by atoms with Gasteiger partial charge in [0.2, 0.25) is 0 Å². The molecule has 2 aliphatic rings. The van der Waals surface area contributed by atoms with Gasteiger partial charge in [-0.2, -0.15) is 5.01 Å². The largest absolute Gasteiger partial charge is 0.292 e. The van der Waals surface area contributed by atoms with Crippen molar-refractivity contribution in [2.45, 2.75) is 19.8 Å². The van der Waals surface area contributed by atoms with E-state index in [-0.39, 0.29) is 15.6 Å². The third-order valence-electron chi connectivity index (χ3n) is 5.90. The van der Waals surface area contributed by atoms with Crippen molar-refractivity contribution in [3.63, 3.8) is 0 Å². The summed E-state index contributed by atoms with van der Waals surface area (Å²) < 4.78 is 0. The van der Waals surface area contributed by atoms with E-state index in [4.69, 9.17) is 34.8 Å². The third kappa shape index (κ3) is 4.56. The molecule has 2 atom stereocenters. The van der Waals surface area contributed by atoms with Crippen molar-refractivity contribution in [3.05, 3.63) is 80.3 Å². The zero-order valence-corrected chi connectivity index (χ0v) is 19.8. The van der Waals surface area contributed by atoms with Gasteiger partial charge in [-0.25, -0.2) is 5.01 Å². The summed E-state index contributed by atoms with van der Waals surface area (Å²) in [6.07, 6.45) is 2.78. The van der Waals surface area contributed by atoms with Gasteiger partial charge in [-0.3, -0.25) is 19.2 Å². The molecule has 9 heteroatoms. The fourth-order valence-electron chi connectivity index (χ4n) is 4.13. The van der Waals surface area contributed by atoms with E-state index in [2.05, 4.69) is 0 Å². The molecule has 1 saturated heterocycles. The molecule has 33 heavy (non-hydrogen) atoms. The molecule has 6 nitrogen and oxygen atoms in total. The quantitative estimate of drug-likeness (QED) is 0.317. The molecule has 0 radical (unpaired) electrons. The van der Waals surface area contributed by atoms with E-state index >= 15 is 0 Å². The highest BCUT2D eigenvalue weighted by molar-refractivity contribution is 6.42. The van der Waals surface area contributed by atoms with Crippen LogP contribution in [0.4, 0.5) is 0 Å². The highest BCUT2D eigenvalue weighted by Crippen LogP contribution is 2.38. The summed E-state index contributed by atoms with van der Waals surface area (Å²) in [5.74, 6) is -3.26. The van der Waals surface area contributed by atoms with E-state index in [9.17, 15) is 19.2 Å². The van der Waals surface area contributed by atoms with Crippen LogP contribution in [0.15, 0.2) is 54.1 Å². The summed E-state index contributed by atoms with van der Waals surface area (Å²) in [6, 6.07) is 10.4. The van der Waals surface area contributed by atoms with Gasteiger partial charge < -0.3 is 0 Å². The van der Waals surface area contributed by atoms with Crippen LogP contribution >= 0.6 is 34.8 Å². The van der Waals surface area contributed by atoms with Crippen molar-refractivity contribution in [2.24, 2.45) is 11.8 Å². The number of hydrogen-bond donors (Lipinski definition) is 0. The summed E-state index contributed by atoms with van der Waals surface area (Å²) >= 11 is 17.9. The van der Waals surface area contributed by atoms with E-state index in [1.807, 2.05) is 13.0 Å². The fraction of sp³-hybridized carbons (Fsp3) is 0.250. The summed E-state index contributed by atoms with van der Waals surface area (Å²) in [7, 11) is 0. The lowest BCUT2D eigenvalue weighted by molar-refractivity contribution is -0.154. The van der Waals surface area contributed by atoms with Gasteiger partial charge in [-0.15, -0.1) is 0 Å². The van der Waals surface area contributed by atoms with Crippen LogP contribution in [0.2, 0.25) is 15.1 Å². The Morgan fingerprint density at radius 3 is 2.24 bits per heavy atom. The maximum Gasteiger partial charge on any atom is 0.273 e. The second-order valence-corrected chi connectivity index (χ2v) is 9.36. The number of amides is 3. The molecule has 0 bridgehead atoms. The number of hydrazine groups is 1. The lowest BCUT2D eigenvalue weighted by Crippen LogP contribution is -2.52. The maximum absolute atomic E-state index is 13.5. The molecule has 4 rings (SSSR count). The van der Waals surface area contributed by atoms with Crippen LogP contribution in [-0.2, 0) is 9.59 Å². The van der Waals surface area contributed by atoms with Crippen molar-refractivity contribution < 1.29 is 19.2 Å². The Morgan fingerprint density at radius 1 is 0.939 bits per heavy atom. The molecule has 1 aliphatic carbocycles. The molecule has 3 amide bonds. The monoisotopic (exact) mass is 504 g/mol. The molecule has 1 fully saturated rings. The number of nitrogens with zero attached hydrogens (tertiary/aromatic N) is 2. The molecule has 1 aliphatic heterocycles. The summed E-state index contributed by atoms with van der Waals surface area (Å²) in [5.41, 5.74) is 1.40. The highest BCUT2D eigenvalue weighted by atomic mass is 35.5. The minimum atomic E-state index is -0.707. The number of halogens is 3. The Hall–Kier alpha value is -2.67. The van der Waals surface area contributed by atoms with Crippen LogP contribution in [0, 0.1) is 11.8 Å². The van der Waals surface area contributed by atoms with Crippen LogP contribution in [-0.4, -0.2) is 40.1 Å². The van der Waals surface area contributed by atoms with Gasteiger partial charge in [0.15, 0.2) is 5.78 Å². The molecule has 170 valence electrons. The van der Waals surface area contributed by atoms with Crippen LogP contribution in [0.5, 0.6) is 0 Å². The fourth-order valence-corrected chi connectivity index (χ4v) is 4.56. The average molecular weight is 506 g/mol. The number of hydrogen-bond acceptors (Lipinski definition) is 4. The van der Waals surface area contributed by atoms with Crippen molar-refractivity contribution in [1.29, 1.82) is 0 Å². The number of fused-ring (bicyclic) bond motifs is 1. The average Bonchev–Trinajstić information content (AvgIpc) is 3.03. The van der Waals surface area contributed by atoms with Crippen LogP contribution < -0.4 is 0 Å². The van der Waals surface area contributed by atoms with Gasteiger partial charge in [-0.05, 0) is 62.2 Å². The first-order valence-corrected chi connectivity index (χ1v) is 11.4. The molecule has 2 aromatic rings. The van der Waals surface area contributed by atoms with Gasteiger partial charge in [0.25, 0.3) is 17.7 Å². The first-order chi connectivity index (χ1) is 15.7. The van der Waals surface area contributed by atoms with Crippen molar-refractivity contribution in [1.82, 2.24) is 10.0 Å². The molecular formula is C24H19Cl3N2O4. The van der Waals surface area contributed by atoms with Gasteiger partial charge in [0.1, 0.15) is 6.54 Å². The number of carbonyl (C=O) groups excluding carboxylic acids is 4. The zero-order valence-electron chi connectivity index (χ0n) is 17.6. The second-order valence-electron chi connectivity index (χ2n) is 8.11. The first-order valence-electron chi connectivity index (χ1n) is 10.3. The predicted octanol–water partition coefficient (Wildman–Crippen LogP) is 5.23. The number of Topliss-reactive ketones (excluding diaryl/α,β-unsaturated/α-hetero) is 1. The number of ketones is 1. The Kier molecular flexibility index (Phi) is 6.61. The van der Waals surface area contributed by atoms with E-state index in [1.54, 1.807) is 12.1 Å². The molecule has 0 saturated carbocycles. The number of imide groups is 1. The van der Waals surface area contributed by atoms with Gasteiger partial charge in [-0.1, -0.05) is 46.5 Å². The Balaban J connectivity index is 1.71. The minimum Gasteiger partial charge on any atom is -0.292 e. The summed E-state index contributed by atoms with van der Waals surface area (Å²) in [6.45, 7) is 1.39. The van der Waals surface area contributed by atoms with Gasteiger partial charge in [0, 0.05) is 16.1 Å². The highest BCUT2D eigenvalue weighted by Gasteiger charge is 2.51. The van der Waals surface area contributed by atoms with E-state index in [0.717, 1.165) is 15.6 Å². The minimum absolute atomic E-state index is 0.0954. The van der Waals surface area contributed by atoms with Crippen LogP contribution in [0.1, 0.15) is 40.5 Å². The molecule has 1 heterocycles. The number of benzene rings is 2. The molecular weight excluding hydrogens is 487 g/mol. The lowest BCUT2D eigenvalue weighted by Gasteiger charge is -2.30. The van der Waals surface area contributed by atoms with E-state index in [1.165, 1.54) is 30.3 Å². The molecule has 0 aromatic heterocycles. The normalized spacial score (nSPS) is 19.9. The summed E-state index contributed by atoms with van der Waals surface area (Å²) in [4.78, 5) is 53.0. The third-order valence-corrected chi connectivity index (χ3v) is 6.89. The van der Waals surface area contributed by atoms with Crippen molar-refractivity contribution in [2.75, 3.05) is 6.54 Å². The van der Waals surface area contributed by atoms with Crippen LogP contribution in [0.3, 0.4) is 0 Å². The predicted molar refractivity (Wildman–Crippen MR) is 125 cm³/mol. The zero-order chi connectivity index (χ0) is 23.9.